The van der Waals surface area contributed by atoms with Gasteiger partial charge in [-0.3, -0.25) is 0 Å². The first-order valence-corrected chi connectivity index (χ1v) is 11.1. The van der Waals surface area contributed by atoms with E-state index in [-0.39, 0.29) is 17.6 Å². The number of hydrogen-bond acceptors (Lipinski definition) is 6. The van der Waals surface area contributed by atoms with Crippen molar-refractivity contribution in [3.05, 3.63) is 18.6 Å². The Morgan fingerprint density at radius 2 is 2.21 bits per heavy atom. The number of hydrogen-bond donors (Lipinski definition) is 1. The van der Waals surface area contributed by atoms with E-state index in [4.69, 9.17) is 4.74 Å². The Morgan fingerprint density at radius 3 is 3.00 bits per heavy atom. The maximum Gasteiger partial charge on any atom is 0.278 e. The first-order valence-electron chi connectivity index (χ1n) is 9.67. The zero-order valence-electron chi connectivity index (χ0n) is 16.4. The molecule has 4 atom stereocenters. The molecule has 1 spiro atoms. The van der Waals surface area contributed by atoms with E-state index in [9.17, 15) is 8.42 Å². The standard InChI is InChI=1S/C18H26N6O3S/c1-22(2)28(25,26)21-8-13-14-9-24(10-18(14)6-4-15(13)27-18)17-12-5-7-23(3)16(12)19-11-20-17/h5,7,11,13-15,21H,4,6,8-10H2,1-3H3/t13-,14+,15+,18+/m0/s1. The number of nitrogens with one attached hydrogen (secondary N) is 1. The number of nitrogens with zero attached hydrogens (tertiary/aromatic N) is 5. The van der Waals surface area contributed by atoms with Crippen LogP contribution in [0.1, 0.15) is 12.8 Å². The molecule has 0 amide bonds. The lowest BCUT2D eigenvalue weighted by Gasteiger charge is -2.29. The fourth-order valence-corrected chi connectivity index (χ4v) is 5.93. The number of fused-ring (bicyclic) bond motifs is 2. The molecule has 2 bridgehead atoms. The van der Waals surface area contributed by atoms with Gasteiger partial charge < -0.3 is 14.2 Å². The highest BCUT2D eigenvalue weighted by molar-refractivity contribution is 7.87. The van der Waals surface area contributed by atoms with Crippen molar-refractivity contribution in [1.82, 2.24) is 23.6 Å². The molecule has 28 heavy (non-hydrogen) atoms. The number of rotatable bonds is 5. The second-order valence-electron chi connectivity index (χ2n) is 8.41. The molecule has 2 aromatic heterocycles. The van der Waals surface area contributed by atoms with Gasteiger partial charge in [0.2, 0.25) is 0 Å². The first-order chi connectivity index (χ1) is 13.3. The van der Waals surface area contributed by atoms with E-state index in [1.807, 2.05) is 17.8 Å². The summed E-state index contributed by atoms with van der Waals surface area (Å²) in [4.78, 5) is 11.3. The Kier molecular flexibility index (Phi) is 4.00. The molecule has 0 saturated carbocycles. The molecule has 1 N–H and O–H groups in total. The van der Waals surface area contributed by atoms with Crippen molar-refractivity contribution >= 4 is 27.1 Å². The lowest BCUT2D eigenvalue weighted by molar-refractivity contribution is 0.0142. The smallest absolute Gasteiger partial charge is 0.278 e. The highest BCUT2D eigenvalue weighted by Gasteiger charge is 2.63. The second-order valence-corrected chi connectivity index (χ2v) is 10.4. The van der Waals surface area contributed by atoms with E-state index < -0.39 is 10.2 Å². The average Bonchev–Trinajstić information content (AvgIpc) is 3.39. The summed E-state index contributed by atoms with van der Waals surface area (Å²) in [5.74, 6) is 1.42. The van der Waals surface area contributed by atoms with Crippen LogP contribution in [0.5, 0.6) is 0 Å². The molecule has 3 aliphatic heterocycles. The Hall–Kier alpha value is -1.75. The van der Waals surface area contributed by atoms with Gasteiger partial charge >= 0.3 is 0 Å². The van der Waals surface area contributed by atoms with E-state index in [1.165, 1.54) is 4.31 Å². The van der Waals surface area contributed by atoms with Crippen LogP contribution in [0, 0.1) is 11.8 Å². The van der Waals surface area contributed by atoms with Crippen LogP contribution in [0.2, 0.25) is 0 Å². The Balaban J connectivity index is 1.41. The lowest BCUT2D eigenvalue weighted by Crippen LogP contribution is -2.44. The minimum atomic E-state index is -3.43. The molecular formula is C18H26N6O3S. The third-order valence-corrected chi connectivity index (χ3v) is 8.20. The van der Waals surface area contributed by atoms with Crippen molar-refractivity contribution in [2.45, 2.75) is 24.5 Å². The summed E-state index contributed by atoms with van der Waals surface area (Å²) in [5, 5.41) is 1.04. The van der Waals surface area contributed by atoms with Crippen molar-refractivity contribution in [3.8, 4) is 0 Å². The van der Waals surface area contributed by atoms with Gasteiger partial charge in [0.25, 0.3) is 10.2 Å². The predicted molar refractivity (Wildman–Crippen MR) is 105 cm³/mol. The molecule has 0 aliphatic carbocycles. The van der Waals surface area contributed by atoms with Gasteiger partial charge in [-0.15, -0.1) is 0 Å². The second kappa shape index (κ2) is 6.12. The monoisotopic (exact) mass is 406 g/mol. The summed E-state index contributed by atoms with van der Waals surface area (Å²) in [6.07, 6.45) is 5.77. The maximum atomic E-state index is 12.2. The van der Waals surface area contributed by atoms with Crippen molar-refractivity contribution in [2.24, 2.45) is 18.9 Å². The Labute approximate surface area is 164 Å². The minimum absolute atomic E-state index is 0.138. The number of aromatic nitrogens is 3. The zero-order valence-corrected chi connectivity index (χ0v) is 17.2. The van der Waals surface area contributed by atoms with Crippen LogP contribution in [0.4, 0.5) is 5.82 Å². The summed E-state index contributed by atoms with van der Waals surface area (Å²) in [6, 6.07) is 2.05. The summed E-state index contributed by atoms with van der Waals surface area (Å²) in [7, 11) is 1.63. The maximum absolute atomic E-state index is 12.2. The van der Waals surface area contributed by atoms with Crippen molar-refractivity contribution < 1.29 is 13.2 Å². The van der Waals surface area contributed by atoms with Gasteiger partial charge in [0.15, 0.2) is 0 Å². The highest BCUT2D eigenvalue weighted by Crippen LogP contribution is 2.55. The van der Waals surface area contributed by atoms with Crippen LogP contribution in [-0.4, -0.2) is 72.7 Å². The molecule has 0 aromatic carbocycles. The first kappa shape index (κ1) is 18.3. The van der Waals surface area contributed by atoms with E-state index in [1.54, 1.807) is 20.4 Å². The van der Waals surface area contributed by atoms with Gasteiger partial charge in [-0.2, -0.15) is 12.7 Å². The van der Waals surface area contributed by atoms with Crippen molar-refractivity contribution in [2.75, 3.05) is 38.6 Å². The lowest BCUT2D eigenvalue weighted by atomic mass is 9.74. The molecule has 3 aliphatic rings. The summed E-state index contributed by atoms with van der Waals surface area (Å²) >= 11 is 0. The largest absolute Gasteiger partial charge is 0.369 e. The van der Waals surface area contributed by atoms with E-state index in [0.717, 1.165) is 42.8 Å². The molecule has 3 fully saturated rings. The summed E-state index contributed by atoms with van der Waals surface area (Å²) in [5.41, 5.74) is 0.727. The Bertz CT molecular complexity index is 1020. The third kappa shape index (κ3) is 2.58. The van der Waals surface area contributed by atoms with Crippen LogP contribution >= 0.6 is 0 Å². The number of ether oxygens (including phenoxy) is 1. The number of anilines is 1. The minimum Gasteiger partial charge on any atom is -0.369 e. The van der Waals surface area contributed by atoms with Gasteiger partial charge in [-0.05, 0) is 18.9 Å². The normalized spacial score (nSPS) is 32.0. The topological polar surface area (TPSA) is 92.6 Å². The van der Waals surface area contributed by atoms with Gasteiger partial charge in [-0.1, -0.05) is 0 Å². The average molecular weight is 407 g/mol. The van der Waals surface area contributed by atoms with E-state index in [2.05, 4.69) is 25.7 Å². The summed E-state index contributed by atoms with van der Waals surface area (Å²) in [6.45, 7) is 2.04. The van der Waals surface area contributed by atoms with Gasteiger partial charge in [0.1, 0.15) is 17.8 Å². The highest BCUT2D eigenvalue weighted by atomic mass is 32.2. The molecule has 0 radical (unpaired) electrons. The van der Waals surface area contributed by atoms with Crippen LogP contribution in [0.15, 0.2) is 18.6 Å². The quantitative estimate of drug-likeness (QED) is 0.770. The van der Waals surface area contributed by atoms with Gasteiger partial charge in [0.05, 0.1) is 17.1 Å². The molecule has 2 aromatic rings. The van der Waals surface area contributed by atoms with Gasteiger partial charge in [0, 0.05) is 58.8 Å². The van der Waals surface area contributed by atoms with E-state index >= 15 is 0 Å². The molecule has 9 nitrogen and oxygen atoms in total. The zero-order chi connectivity index (χ0) is 19.7. The van der Waals surface area contributed by atoms with Crippen LogP contribution in [0.3, 0.4) is 0 Å². The number of aryl methyl sites for hydroxylation is 1. The fourth-order valence-electron chi connectivity index (χ4n) is 5.27. The van der Waals surface area contributed by atoms with Crippen molar-refractivity contribution in [3.63, 3.8) is 0 Å². The molecule has 5 rings (SSSR count). The molecule has 3 saturated heterocycles. The van der Waals surface area contributed by atoms with Crippen LogP contribution < -0.4 is 9.62 Å². The molecule has 5 heterocycles. The fraction of sp³-hybridized carbons (Fsp3) is 0.667. The predicted octanol–water partition coefficient (Wildman–Crippen LogP) is 0.348. The van der Waals surface area contributed by atoms with Crippen molar-refractivity contribution in [1.29, 1.82) is 0 Å². The molecule has 10 heteroatoms. The third-order valence-electron chi connectivity index (χ3n) is 6.71. The summed E-state index contributed by atoms with van der Waals surface area (Å²) < 4.78 is 36.7. The SMILES string of the molecule is CN(C)S(=O)(=O)NC[C@H]1[C@H]2CN(c3ncnc4c3ccn4C)C[C@]23CC[C@H]1O3. The van der Waals surface area contributed by atoms with Crippen LogP contribution in [0.25, 0.3) is 11.0 Å². The van der Waals surface area contributed by atoms with E-state index in [0.29, 0.717) is 12.5 Å². The van der Waals surface area contributed by atoms with Crippen LogP contribution in [-0.2, 0) is 22.0 Å². The van der Waals surface area contributed by atoms with Gasteiger partial charge in [-0.25, -0.2) is 14.7 Å². The molecule has 152 valence electrons. The Morgan fingerprint density at radius 1 is 1.39 bits per heavy atom. The molecular weight excluding hydrogens is 380 g/mol. The molecule has 0 unspecified atom stereocenters.